The second kappa shape index (κ2) is 5.65. The molecule has 4 heteroatoms. The summed E-state index contributed by atoms with van der Waals surface area (Å²) in [7, 11) is 1.41. The highest BCUT2D eigenvalue weighted by Crippen LogP contribution is 2.11. The third kappa shape index (κ3) is 2.60. The molecule has 88 valence electrons. The van der Waals surface area contributed by atoms with Crippen molar-refractivity contribution in [1.82, 2.24) is 0 Å². The summed E-state index contributed by atoms with van der Waals surface area (Å²) < 4.78 is 1.24. The van der Waals surface area contributed by atoms with Crippen molar-refractivity contribution in [2.45, 2.75) is 0 Å². The predicted octanol–water partition coefficient (Wildman–Crippen LogP) is 1.49. The van der Waals surface area contributed by atoms with Crippen LogP contribution in [0.15, 0.2) is 49.6 Å². The molecule has 0 aliphatic carbocycles. The van der Waals surface area contributed by atoms with E-state index in [0.29, 0.717) is 5.69 Å². The molecule has 17 heavy (non-hydrogen) atoms. The Hall–Kier alpha value is -2.36. The van der Waals surface area contributed by atoms with E-state index in [4.69, 9.17) is 9.94 Å². The molecule has 0 saturated carbocycles. The summed E-state index contributed by atoms with van der Waals surface area (Å²) in [4.78, 5) is 16.1. The molecule has 4 nitrogen and oxygen atoms in total. The summed E-state index contributed by atoms with van der Waals surface area (Å²) in [5, 5.41) is 9.04. The van der Waals surface area contributed by atoms with Gasteiger partial charge in [0.1, 0.15) is 7.11 Å². The number of hydrogen-bond donors (Lipinski definition) is 1. The third-order valence-corrected chi connectivity index (χ3v) is 2.16. The lowest BCUT2D eigenvalue weighted by Gasteiger charge is -2.02. The molecule has 0 amide bonds. The quantitative estimate of drug-likeness (QED) is 0.618. The maximum atomic E-state index is 11.0. The number of carboxylic acid groups (broad SMARTS) is 1. The highest BCUT2D eigenvalue weighted by molar-refractivity contribution is 5.84. The van der Waals surface area contributed by atoms with Crippen LogP contribution in [-0.4, -0.2) is 18.2 Å². The summed E-state index contributed by atoms with van der Waals surface area (Å²) >= 11 is 0. The number of nitrogens with zero attached hydrogens (tertiary/aromatic N) is 1. The van der Waals surface area contributed by atoms with Crippen molar-refractivity contribution >= 4 is 11.5 Å². The molecular weight excluding hydrogens is 218 g/mol. The molecule has 0 spiro atoms. The van der Waals surface area contributed by atoms with Crippen LogP contribution >= 0.6 is 0 Å². The van der Waals surface area contributed by atoms with Gasteiger partial charge in [-0.05, 0) is 12.1 Å². The van der Waals surface area contributed by atoms with E-state index in [-0.39, 0.29) is 5.69 Å². The van der Waals surface area contributed by atoms with Crippen LogP contribution in [-0.2, 0) is 0 Å². The number of carboxylic acids is 1. The number of aromatic nitrogens is 1. The van der Waals surface area contributed by atoms with Crippen LogP contribution in [0.3, 0.4) is 0 Å². The molecule has 0 bridgehead atoms. The highest BCUT2D eigenvalue weighted by atomic mass is 16.6. The number of rotatable bonds is 5. The molecule has 0 fully saturated rings. The van der Waals surface area contributed by atoms with Gasteiger partial charge < -0.3 is 5.11 Å². The molecule has 0 aliphatic rings. The topological polar surface area (TPSA) is 50.4 Å². The molecule has 0 radical (unpaired) electrons. The summed E-state index contributed by atoms with van der Waals surface area (Å²) in [6.07, 6.45) is 4.94. The van der Waals surface area contributed by atoms with E-state index in [1.54, 1.807) is 30.4 Å². The molecule has 0 aromatic carbocycles. The third-order valence-electron chi connectivity index (χ3n) is 2.16. The summed E-state index contributed by atoms with van der Waals surface area (Å²) in [6.45, 7) is 7.27. The Bertz CT molecular complexity index is 489. The van der Waals surface area contributed by atoms with Gasteiger partial charge in [-0.15, -0.1) is 0 Å². The van der Waals surface area contributed by atoms with Crippen molar-refractivity contribution in [1.29, 1.82) is 0 Å². The second-order valence-corrected chi connectivity index (χ2v) is 3.14. The maximum Gasteiger partial charge on any atom is 0.406 e. The Morgan fingerprint density at radius 2 is 2.06 bits per heavy atom. The minimum absolute atomic E-state index is 0.0433. The predicted molar refractivity (Wildman–Crippen MR) is 64.5 cm³/mol. The van der Waals surface area contributed by atoms with E-state index in [2.05, 4.69) is 13.2 Å². The van der Waals surface area contributed by atoms with Gasteiger partial charge in [0.25, 0.3) is 5.69 Å². The van der Waals surface area contributed by atoms with E-state index in [9.17, 15) is 4.79 Å². The molecule has 0 unspecified atom stereocenters. The molecule has 0 aliphatic heterocycles. The fraction of sp³-hybridized carbons (Fsp3) is 0.0769. The highest BCUT2D eigenvalue weighted by Gasteiger charge is 2.25. The van der Waals surface area contributed by atoms with Gasteiger partial charge in [0.15, 0.2) is 0 Å². The van der Waals surface area contributed by atoms with Gasteiger partial charge in [0, 0.05) is 16.9 Å². The normalized spacial score (nSPS) is 10.8. The lowest BCUT2D eigenvalue weighted by Crippen LogP contribution is -2.49. The van der Waals surface area contributed by atoms with Crippen LogP contribution in [0.1, 0.15) is 16.2 Å². The van der Waals surface area contributed by atoms with Crippen molar-refractivity contribution in [3.8, 4) is 0 Å². The SMILES string of the molecule is C=C/C=C(\C=C)c1cccc(C(=O)O)[n+]1OC. The average Bonchev–Trinajstić information content (AvgIpc) is 2.34. The van der Waals surface area contributed by atoms with E-state index in [1.807, 2.05) is 0 Å². The molecule has 1 aromatic rings. The van der Waals surface area contributed by atoms with Gasteiger partial charge in [-0.25, -0.2) is 4.79 Å². The molecule has 0 saturated heterocycles. The van der Waals surface area contributed by atoms with Crippen LogP contribution < -0.4 is 9.57 Å². The largest absolute Gasteiger partial charge is 0.473 e. The summed E-state index contributed by atoms with van der Waals surface area (Å²) in [6, 6.07) is 4.85. The number of allylic oxidation sites excluding steroid dienone is 4. The number of aromatic carboxylic acids is 1. The van der Waals surface area contributed by atoms with Gasteiger partial charge >= 0.3 is 11.7 Å². The first-order valence-corrected chi connectivity index (χ1v) is 4.94. The van der Waals surface area contributed by atoms with E-state index in [1.165, 1.54) is 17.9 Å². The van der Waals surface area contributed by atoms with Crippen molar-refractivity contribution in [2.75, 3.05) is 7.11 Å². The maximum absolute atomic E-state index is 11.0. The monoisotopic (exact) mass is 232 g/mol. The zero-order valence-electron chi connectivity index (χ0n) is 9.59. The van der Waals surface area contributed by atoms with Gasteiger partial charge in [0.05, 0.1) is 5.57 Å². The number of carbonyl (C=O) groups is 1. The second-order valence-electron chi connectivity index (χ2n) is 3.14. The molecule has 1 heterocycles. The van der Waals surface area contributed by atoms with Crippen LogP contribution in [0.4, 0.5) is 0 Å². The molecule has 0 atom stereocenters. The standard InChI is InChI=1S/C13H13NO3/c1-4-7-10(5-2)11-8-6-9-12(13(15)16)14(11)17-3/h4-9H,1-2H2,3H3/p+1/b10-7+. The summed E-state index contributed by atoms with van der Waals surface area (Å²) in [5.41, 5.74) is 1.37. The molecule has 1 N–H and O–H groups in total. The van der Waals surface area contributed by atoms with Gasteiger partial charge in [-0.1, -0.05) is 25.3 Å². The Balaban J connectivity index is 3.48. The Kier molecular flexibility index (Phi) is 4.22. The molecule has 1 rings (SSSR count). The van der Waals surface area contributed by atoms with Crippen molar-refractivity contribution in [3.05, 3.63) is 61.0 Å². The smallest absolute Gasteiger partial charge is 0.406 e. The fourth-order valence-corrected chi connectivity index (χ4v) is 1.45. The number of pyridine rings is 1. The van der Waals surface area contributed by atoms with Crippen LogP contribution in [0.2, 0.25) is 0 Å². The zero-order chi connectivity index (χ0) is 12.8. The van der Waals surface area contributed by atoms with Crippen molar-refractivity contribution < 1.29 is 19.5 Å². The number of hydrogen-bond acceptors (Lipinski definition) is 2. The van der Waals surface area contributed by atoms with Gasteiger partial charge in [-0.2, -0.15) is 0 Å². The first-order chi connectivity index (χ1) is 8.15. The Labute approximate surface area is 99.7 Å². The lowest BCUT2D eigenvalue weighted by atomic mass is 10.1. The first-order valence-electron chi connectivity index (χ1n) is 4.94. The van der Waals surface area contributed by atoms with E-state index in [0.717, 1.165) is 5.57 Å². The van der Waals surface area contributed by atoms with Gasteiger partial charge in [0.2, 0.25) is 0 Å². The summed E-state index contributed by atoms with van der Waals surface area (Å²) in [5.74, 6) is -1.06. The van der Waals surface area contributed by atoms with Gasteiger partial charge in [-0.3, -0.25) is 4.84 Å². The first kappa shape index (κ1) is 12.7. The minimum Gasteiger partial charge on any atom is -0.473 e. The van der Waals surface area contributed by atoms with Crippen LogP contribution in [0, 0.1) is 0 Å². The molecular formula is C13H14NO3+. The van der Waals surface area contributed by atoms with E-state index >= 15 is 0 Å². The van der Waals surface area contributed by atoms with E-state index < -0.39 is 5.97 Å². The van der Waals surface area contributed by atoms with Crippen molar-refractivity contribution in [3.63, 3.8) is 0 Å². The van der Waals surface area contributed by atoms with Crippen LogP contribution in [0.25, 0.3) is 5.57 Å². The fourth-order valence-electron chi connectivity index (χ4n) is 1.45. The minimum atomic E-state index is -1.06. The van der Waals surface area contributed by atoms with Crippen molar-refractivity contribution in [2.24, 2.45) is 0 Å². The van der Waals surface area contributed by atoms with Crippen LogP contribution in [0.5, 0.6) is 0 Å². The Morgan fingerprint density at radius 1 is 1.41 bits per heavy atom. The molecule has 1 aromatic heterocycles. The Morgan fingerprint density at radius 3 is 2.53 bits per heavy atom. The zero-order valence-corrected chi connectivity index (χ0v) is 9.59. The lowest BCUT2D eigenvalue weighted by molar-refractivity contribution is -0.888. The average molecular weight is 232 g/mol.